The van der Waals surface area contributed by atoms with E-state index in [1.165, 1.54) is 18.9 Å². The van der Waals surface area contributed by atoms with Crippen LogP contribution in [0.2, 0.25) is 0 Å². The SMILES string of the molecule is CCCCCN(C)Cc1c(N)cccc1F. The summed E-state index contributed by atoms with van der Waals surface area (Å²) in [4.78, 5) is 2.12. The largest absolute Gasteiger partial charge is 0.398 e. The van der Waals surface area contributed by atoms with Gasteiger partial charge < -0.3 is 10.6 Å². The Bertz CT molecular complexity index is 305. The molecule has 0 bridgehead atoms. The van der Waals surface area contributed by atoms with Gasteiger partial charge in [0.15, 0.2) is 0 Å². The summed E-state index contributed by atoms with van der Waals surface area (Å²) in [6, 6.07) is 4.86. The zero-order valence-corrected chi connectivity index (χ0v) is 10.2. The van der Waals surface area contributed by atoms with E-state index in [1.54, 1.807) is 12.1 Å². The van der Waals surface area contributed by atoms with Crippen molar-refractivity contribution in [3.8, 4) is 0 Å². The molecule has 0 unspecified atom stereocenters. The van der Waals surface area contributed by atoms with Crippen LogP contribution in [0.4, 0.5) is 10.1 Å². The zero-order chi connectivity index (χ0) is 12.0. The number of hydrogen-bond acceptors (Lipinski definition) is 2. The number of unbranched alkanes of at least 4 members (excludes halogenated alkanes) is 2. The fourth-order valence-electron chi connectivity index (χ4n) is 1.72. The lowest BCUT2D eigenvalue weighted by atomic mass is 10.1. The molecule has 0 atom stereocenters. The molecule has 0 heterocycles. The number of nitrogen functional groups attached to an aromatic ring is 1. The maximum atomic E-state index is 13.5. The lowest BCUT2D eigenvalue weighted by Gasteiger charge is -2.18. The third-order valence-electron chi connectivity index (χ3n) is 2.73. The van der Waals surface area contributed by atoms with Crippen LogP contribution in [-0.2, 0) is 6.54 Å². The van der Waals surface area contributed by atoms with Crippen LogP contribution in [-0.4, -0.2) is 18.5 Å². The Labute approximate surface area is 97.3 Å². The Morgan fingerprint density at radius 1 is 1.31 bits per heavy atom. The van der Waals surface area contributed by atoms with Crippen molar-refractivity contribution < 1.29 is 4.39 Å². The number of nitrogens with zero attached hydrogens (tertiary/aromatic N) is 1. The van der Waals surface area contributed by atoms with Crippen molar-refractivity contribution in [2.45, 2.75) is 32.7 Å². The quantitative estimate of drug-likeness (QED) is 0.594. The maximum Gasteiger partial charge on any atom is 0.129 e. The van der Waals surface area contributed by atoms with Crippen LogP contribution in [0, 0.1) is 5.82 Å². The van der Waals surface area contributed by atoms with Crippen molar-refractivity contribution in [2.75, 3.05) is 19.3 Å². The minimum atomic E-state index is -0.206. The molecule has 2 nitrogen and oxygen atoms in total. The molecule has 16 heavy (non-hydrogen) atoms. The van der Waals surface area contributed by atoms with E-state index >= 15 is 0 Å². The summed E-state index contributed by atoms with van der Waals surface area (Å²) in [5.41, 5.74) is 6.91. The average Bonchev–Trinajstić information content (AvgIpc) is 2.24. The van der Waals surface area contributed by atoms with E-state index < -0.39 is 0 Å². The Morgan fingerprint density at radius 2 is 2.06 bits per heavy atom. The molecule has 90 valence electrons. The topological polar surface area (TPSA) is 29.3 Å². The third kappa shape index (κ3) is 3.81. The molecule has 1 aromatic rings. The van der Waals surface area contributed by atoms with E-state index in [0.29, 0.717) is 17.8 Å². The molecule has 0 spiro atoms. The van der Waals surface area contributed by atoms with Crippen LogP contribution in [0.15, 0.2) is 18.2 Å². The van der Waals surface area contributed by atoms with Gasteiger partial charge in [0.2, 0.25) is 0 Å². The molecular formula is C13H21FN2. The highest BCUT2D eigenvalue weighted by Crippen LogP contribution is 2.17. The zero-order valence-electron chi connectivity index (χ0n) is 10.2. The Balaban J connectivity index is 2.52. The van der Waals surface area contributed by atoms with Crippen LogP contribution in [0.1, 0.15) is 31.7 Å². The summed E-state index contributed by atoms with van der Waals surface area (Å²) in [5.74, 6) is -0.206. The summed E-state index contributed by atoms with van der Waals surface area (Å²) in [6.07, 6.45) is 3.58. The van der Waals surface area contributed by atoms with Crippen LogP contribution in [0.25, 0.3) is 0 Å². The third-order valence-corrected chi connectivity index (χ3v) is 2.73. The van der Waals surface area contributed by atoms with Crippen molar-refractivity contribution in [3.63, 3.8) is 0 Å². The van der Waals surface area contributed by atoms with Gasteiger partial charge in [-0.15, -0.1) is 0 Å². The van der Waals surface area contributed by atoms with Crippen molar-refractivity contribution >= 4 is 5.69 Å². The van der Waals surface area contributed by atoms with E-state index in [4.69, 9.17) is 5.73 Å². The average molecular weight is 224 g/mol. The normalized spacial score (nSPS) is 11.0. The number of nitrogens with two attached hydrogens (primary N) is 1. The molecule has 0 saturated carbocycles. The van der Waals surface area contributed by atoms with Crippen LogP contribution >= 0.6 is 0 Å². The first-order chi connectivity index (χ1) is 7.65. The van der Waals surface area contributed by atoms with Crippen molar-refractivity contribution in [2.24, 2.45) is 0 Å². The molecule has 0 aliphatic carbocycles. The molecule has 0 radical (unpaired) electrons. The second-order valence-electron chi connectivity index (χ2n) is 4.25. The van der Waals surface area contributed by atoms with Gasteiger partial charge in [-0.25, -0.2) is 4.39 Å². The smallest absolute Gasteiger partial charge is 0.129 e. The van der Waals surface area contributed by atoms with Gasteiger partial charge in [-0.05, 0) is 32.1 Å². The molecule has 0 aliphatic rings. The van der Waals surface area contributed by atoms with Gasteiger partial charge in [-0.2, -0.15) is 0 Å². The van der Waals surface area contributed by atoms with Gasteiger partial charge in [-0.1, -0.05) is 25.8 Å². The molecule has 0 amide bonds. The van der Waals surface area contributed by atoms with Crippen molar-refractivity contribution in [3.05, 3.63) is 29.6 Å². The molecule has 1 aromatic carbocycles. The Morgan fingerprint density at radius 3 is 2.69 bits per heavy atom. The highest BCUT2D eigenvalue weighted by atomic mass is 19.1. The number of rotatable bonds is 6. The standard InChI is InChI=1S/C13H21FN2/c1-3-4-5-9-16(2)10-11-12(14)7-6-8-13(11)15/h6-8H,3-5,9-10,15H2,1-2H3. The maximum absolute atomic E-state index is 13.5. The van der Waals surface area contributed by atoms with Gasteiger partial charge >= 0.3 is 0 Å². The number of halogens is 1. The van der Waals surface area contributed by atoms with E-state index in [1.807, 2.05) is 7.05 Å². The molecule has 3 heteroatoms. The Hall–Kier alpha value is -1.09. The highest BCUT2D eigenvalue weighted by Gasteiger charge is 2.08. The summed E-state index contributed by atoms with van der Waals surface area (Å²) in [5, 5.41) is 0. The first-order valence-corrected chi connectivity index (χ1v) is 5.86. The first-order valence-electron chi connectivity index (χ1n) is 5.86. The van der Waals surface area contributed by atoms with E-state index in [0.717, 1.165) is 13.0 Å². The summed E-state index contributed by atoms with van der Waals surface area (Å²) in [7, 11) is 2.00. The lowest BCUT2D eigenvalue weighted by Crippen LogP contribution is -2.20. The van der Waals surface area contributed by atoms with Gasteiger partial charge in [-0.3, -0.25) is 0 Å². The summed E-state index contributed by atoms with van der Waals surface area (Å²) in [6.45, 7) is 3.75. The Kier molecular flexibility index (Phi) is 5.26. The highest BCUT2D eigenvalue weighted by molar-refractivity contribution is 5.47. The fraction of sp³-hybridized carbons (Fsp3) is 0.538. The molecular weight excluding hydrogens is 203 g/mol. The molecule has 0 fully saturated rings. The van der Waals surface area contributed by atoms with Crippen LogP contribution in [0.5, 0.6) is 0 Å². The minimum Gasteiger partial charge on any atom is -0.398 e. The second kappa shape index (κ2) is 6.48. The van der Waals surface area contributed by atoms with Crippen molar-refractivity contribution in [1.82, 2.24) is 4.90 Å². The van der Waals surface area contributed by atoms with Gasteiger partial charge in [0.05, 0.1) is 0 Å². The molecule has 0 aromatic heterocycles. The molecule has 0 saturated heterocycles. The summed E-state index contributed by atoms with van der Waals surface area (Å²) < 4.78 is 13.5. The second-order valence-corrected chi connectivity index (χ2v) is 4.25. The van der Waals surface area contributed by atoms with E-state index in [2.05, 4.69) is 11.8 Å². The first kappa shape index (κ1) is 13.0. The fourth-order valence-corrected chi connectivity index (χ4v) is 1.72. The monoisotopic (exact) mass is 224 g/mol. The van der Waals surface area contributed by atoms with Gasteiger partial charge in [0.1, 0.15) is 5.82 Å². The van der Waals surface area contributed by atoms with Crippen molar-refractivity contribution in [1.29, 1.82) is 0 Å². The lowest BCUT2D eigenvalue weighted by molar-refractivity contribution is 0.313. The van der Waals surface area contributed by atoms with Gasteiger partial charge in [0, 0.05) is 17.8 Å². The van der Waals surface area contributed by atoms with E-state index in [-0.39, 0.29) is 5.82 Å². The number of benzene rings is 1. The predicted octanol–water partition coefficient (Wildman–Crippen LogP) is 3.03. The number of anilines is 1. The predicted molar refractivity (Wildman–Crippen MR) is 66.7 cm³/mol. The van der Waals surface area contributed by atoms with E-state index in [9.17, 15) is 4.39 Å². The molecule has 2 N–H and O–H groups in total. The van der Waals surface area contributed by atoms with Gasteiger partial charge in [0.25, 0.3) is 0 Å². The van der Waals surface area contributed by atoms with Crippen LogP contribution < -0.4 is 5.73 Å². The minimum absolute atomic E-state index is 0.206. The molecule has 1 rings (SSSR count). The summed E-state index contributed by atoms with van der Waals surface area (Å²) >= 11 is 0. The van der Waals surface area contributed by atoms with Crippen LogP contribution in [0.3, 0.4) is 0 Å². The number of hydrogen-bond donors (Lipinski definition) is 1. The molecule has 0 aliphatic heterocycles.